The first-order valence-electron chi connectivity index (χ1n) is 8.11. The Balaban J connectivity index is 1.70. The third kappa shape index (κ3) is 3.41. The molecule has 2 amide bonds. The van der Waals surface area contributed by atoms with Gasteiger partial charge < -0.3 is 19.2 Å². The van der Waals surface area contributed by atoms with Gasteiger partial charge in [-0.05, 0) is 37.8 Å². The van der Waals surface area contributed by atoms with Crippen LogP contribution in [0.2, 0.25) is 0 Å². The molecule has 6 heteroatoms. The molecule has 6 nitrogen and oxygen atoms in total. The molecule has 1 fully saturated rings. The molecular weight excluding hydrogens is 292 g/mol. The van der Waals surface area contributed by atoms with Crippen LogP contribution in [-0.2, 0) is 13.6 Å². The summed E-state index contributed by atoms with van der Waals surface area (Å²) in [6.07, 6.45) is 5.56. The normalized spacial score (nSPS) is 21.4. The number of aromatic nitrogens is 2. The van der Waals surface area contributed by atoms with Gasteiger partial charge in [-0.25, -0.2) is 9.78 Å². The molecule has 2 atom stereocenters. The zero-order valence-electron chi connectivity index (χ0n) is 14.0. The predicted octanol–water partition coefficient (Wildman–Crippen LogP) is 3.00. The summed E-state index contributed by atoms with van der Waals surface area (Å²) in [6.45, 7) is 5.34. The minimum absolute atomic E-state index is 0.00817. The average Bonchev–Trinajstić information content (AvgIpc) is 3.13. The Labute approximate surface area is 136 Å². The fourth-order valence-corrected chi connectivity index (χ4v) is 3.11. The topological polar surface area (TPSA) is 63.3 Å². The molecule has 124 valence electrons. The number of carbonyl (C=O) groups is 1. The van der Waals surface area contributed by atoms with Crippen molar-refractivity contribution in [3.63, 3.8) is 0 Å². The van der Waals surface area contributed by atoms with E-state index in [0.717, 1.165) is 36.7 Å². The van der Waals surface area contributed by atoms with Crippen molar-refractivity contribution in [2.45, 2.75) is 39.3 Å². The summed E-state index contributed by atoms with van der Waals surface area (Å²) < 4.78 is 7.69. The Hall–Kier alpha value is -2.24. The summed E-state index contributed by atoms with van der Waals surface area (Å²) in [4.78, 5) is 18.8. The van der Waals surface area contributed by atoms with E-state index in [1.807, 2.05) is 41.8 Å². The van der Waals surface area contributed by atoms with E-state index < -0.39 is 0 Å². The van der Waals surface area contributed by atoms with Crippen molar-refractivity contribution in [1.82, 2.24) is 19.8 Å². The van der Waals surface area contributed by atoms with Crippen molar-refractivity contribution in [2.75, 3.05) is 6.54 Å². The Kier molecular flexibility index (Phi) is 4.41. The summed E-state index contributed by atoms with van der Waals surface area (Å²) in [5.74, 6) is 3.19. The molecular formula is C17H24N4O2. The first-order valence-corrected chi connectivity index (χ1v) is 8.11. The van der Waals surface area contributed by atoms with Crippen LogP contribution in [0, 0.1) is 12.8 Å². The molecule has 0 radical (unpaired) electrons. The summed E-state index contributed by atoms with van der Waals surface area (Å²) in [5.41, 5.74) is 0. The van der Waals surface area contributed by atoms with Gasteiger partial charge in [-0.2, -0.15) is 0 Å². The lowest BCUT2D eigenvalue weighted by atomic mass is 9.91. The Morgan fingerprint density at radius 3 is 2.96 bits per heavy atom. The summed E-state index contributed by atoms with van der Waals surface area (Å²) in [5, 5.41) is 2.98. The third-order valence-electron chi connectivity index (χ3n) is 4.53. The van der Waals surface area contributed by atoms with Crippen LogP contribution in [0.5, 0.6) is 0 Å². The highest BCUT2D eigenvalue weighted by atomic mass is 16.3. The Morgan fingerprint density at radius 1 is 1.48 bits per heavy atom. The van der Waals surface area contributed by atoms with Gasteiger partial charge >= 0.3 is 6.03 Å². The van der Waals surface area contributed by atoms with Gasteiger partial charge in [0, 0.05) is 26.0 Å². The molecule has 1 aliphatic rings. The zero-order valence-corrected chi connectivity index (χ0v) is 14.0. The van der Waals surface area contributed by atoms with Crippen molar-refractivity contribution in [2.24, 2.45) is 13.0 Å². The summed E-state index contributed by atoms with van der Waals surface area (Å²) in [7, 11) is 1.92. The highest BCUT2D eigenvalue weighted by Crippen LogP contribution is 2.34. The lowest BCUT2D eigenvalue weighted by Crippen LogP contribution is -2.45. The number of hydrogen-bond acceptors (Lipinski definition) is 3. The largest absolute Gasteiger partial charge is 0.464 e. The molecule has 23 heavy (non-hydrogen) atoms. The first-order chi connectivity index (χ1) is 11.0. The number of amides is 2. The zero-order chi connectivity index (χ0) is 16.4. The van der Waals surface area contributed by atoms with Crippen LogP contribution >= 0.6 is 0 Å². The standard InChI is InChI=1S/C17H24N4O2/c1-12-6-8-21(14(10-12)15-5-4-13(2)23-15)17(22)19-11-16-18-7-9-20(16)3/h4-5,7,9,12,14H,6,8,10-11H2,1-3H3,(H,19,22)/t12-,14-/m1/s1. The second kappa shape index (κ2) is 6.48. The molecule has 3 rings (SSSR count). The lowest BCUT2D eigenvalue weighted by Gasteiger charge is -2.37. The highest BCUT2D eigenvalue weighted by Gasteiger charge is 2.32. The quantitative estimate of drug-likeness (QED) is 0.947. The summed E-state index contributed by atoms with van der Waals surface area (Å²) >= 11 is 0. The van der Waals surface area contributed by atoms with Crippen LogP contribution in [-0.4, -0.2) is 27.0 Å². The summed E-state index contributed by atoms with van der Waals surface area (Å²) in [6, 6.07) is 3.89. The molecule has 0 bridgehead atoms. The molecule has 3 heterocycles. The van der Waals surface area contributed by atoms with E-state index in [1.54, 1.807) is 6.20 Å². The fraction of sp³-hybridized carbons (Fsp3) is 0.529. The van der Waals surface area contributed by atoms with Crippen LogP contribution in [0.15, 0.2) is 28.9 Å². The van der Waals surface area contributed by atoms with E-state index in [4.69, 9.17) is 4.42 Å². The predicted molar refractivity (Wildman–Crippen MR) is 86.7 cm³/mol. The number of piperidine rings is 1. The molecule has 0 saturated carbocycles. The van der Waals surface area contributed by atoms with Crippen molar-refractivity contribution in [3.8, 4) is 0 Å². The maximum Gasteiger partial charge on any atom is 0.318 e. The number of furan rings is 1. The van der Waals surface area contributed by atoms with Crippen molar-refractivity contribution in [1.29, 1.82) is 0 Å². The highest BCUT2D eigenvalue weighted by molar-refractivity contribution is 5.74. The number of carbonyl (C=O) groups excluding carboxylic acids is 1. The fourth-order valence-electron chi connectivity index (χ4n) is 3.11. The average molecular weight is 316 g/mol. The van der Waals surface area contributed by atoms with Crippen LogP contribution in [0.3, 0.4) is 0 Å². The van der Waals surface area contributed by atoms with E-state index in [-0.39, 0.29) is 12.1 Å². The van der Waals surface area contributed by atoms with Crippen LogP contribution in [0.4, 0.5) is 4.79 Å². The molecule has 2 aromatic rings. The van der Waals surface area contributed by atoms with Gasteiger partial charge in [0.25, 0.3) is 0 Å². The molecule has 0 spiro atoms. The molecule has 0 unspecified atom stereocenters. The minimum atomic E-state index is -0.0565. The molecule has 0 aromatic carbocycles. The van der Waals surface area contributed by atoms with E-state index in [2.05, 4.69) is 17.2 Å². The molecule has 1 N–H and O–H groups in total. The number of imidazole rings is 1. The first kappa shape index (κ1) is 15.6. The van der Waals surface area contributed by atoms with E-state index in [9.17, 15) is 4.79 Å². The maximum atomic E-state index is 12.6. The van der Waals surface area contributed by atoms with Gasteiger partial charge in [0.15, 0.2) is 0 Å². The van der Waals surface area contributed by atoms with Crippen LogP contribution in [0.25, 0.3) is 0 Å². The molecule has 2 aromatic heterocycles. The van der Waals surface area contributed by atoms with Crippen LogP contribution in [0.1, 0.15) is 43.2 Å². The monoisotopic (exact) mass is 316 g/mol. The Bertz CT molecular complexity index is 676. The number of rotatable bonds is 3. The van der Waals surface area contributed by atoms with E-state index >= 15 is 0 Å². The molecule has 1 saturated heterocycles. The van der Waals surface area contributed by atoms with Crippen molar-refractivity contribution in [3.05, 3.63) is 41.9 Å². The molecule has 1 aliphatic heterocycles. The van der Waals surface area contributed by atoms with E-state index in [0.29, 0.717) is 12.5 Å². The SMILES string of the molecule is Cc1ccc([C@H]2C[C@H](C)CCN2C(=O)NCc2nccn2C)o1. The second-order valence-electron chi connectivity index (χ2n) is 6.40. The number of hydrogen-bond donors (Lipinski definition) is 1. The van der Waals surface area contributed by atoms with Gasteiger partial charge in [0.05, 0.1) is 12.6 Å². The van der Waals surface area contributed by atoms with Crippen LogP contribution < -0.4 is 5.32 Å². The number of aryl methyl sites for hydroxylation is 2. The van der Waals surface area contributed by atoms with E-state index in [1.165, 1.54) is 0 Å². The smallest absolute Gasteiger partial charge is 0.318 e. The number of nitrogens with one attached hydrogen (secondary N) is 1. The van der Waals surface area contributed by atoms with Gasteiger partial charge in [0.2, 0.25) is 0 Å². The van der Waals surface area contributed by atoms with Gasteiger partial charge in [-0.15, -0.1) is 0 Å². The van der Waals surface area contributed by atoms with Gasteiger partial charge in [-0.1, -0.05) is 6.92 Å². The molecule has 0 aliphatic carbocycles. The number of nitrogens with zero attached hydrogens (tertiary/aromatic N) is 3. The number of urea groups is 1. The number of likely N-dealkylation sites (tertiary alicyclic amines) is 1. The second-order valence-corrected chi connectivity index (χ2v) is 6.40. The lowest BCUT2D eigenvalue weighted by molar-refractivity contribution is 0.118. The third-order valence-corrected chi connectivity index (χ3v) is 4.53. The Morgan fingerprint density at radius 2 is 2.30 bits per heavy atom. The maximum absolute atomic E-state index is 12.6. The van der Waals surface area contributed by atoms with Crippen molar-refractivity contribution < 1.29 is 9.21 Å². The van der Waals surface area contributed by atoms with Gasteiger partial charge in [0.1, 0.15) is 17.3 Å². The minimum Gasteiger partial charge on any atom is -0.464 e. The van der Waals surface area contributed by atoms with Gasteiger partial charge in [-0.3, -0.25) is 0 Å². The van der Waals surface area contributed by atoms with Crippen molar-refractivity contribution >= 4 is 6.03 Å².